The summed E-state index contributed by atoms with van der Waals surface area (Å²) in [5.74, 6) is 0.672. The molecule has 122 valence electrons. The predicted molar refractivity (Wildman–Crippen MR) is 88.9 cm³/mol. The minimum atomic E-state index is -0.541. The van der Waals surface area contributed by atoms with Crippen molar-refractivity contribution in [3.05, 3.63) is 68.7 Å². The van der Waals surface area contributed by atoms with Crippen LogP contribution in [-0.4, -0.2) is 23.9 Å². The van der Waals surface area contributed by atoms with Gasteiger partial charge in [0.25, 0.3) is 5.69 Å². The zero-order valence-corrected chi connectivity index (χ0v) is 13.2. The molecule has 0 amide bonds. The van der Waals surface area contributed by atoms with Crippen molar-refractivity contribution in [3.63, 3.8) is 0 Å². The molecule has 6 nitrogen and oxygen atoms in total. The third-order valence-electron chi connectivity index (χ3n) is 3.39. The molecule has 2 aromatic rings. The number of allylic oxidation sites excluding steroid dienone is 1. The lowest BCUT2D eigenvalue weighted by Crippen LogP contribution is -2.15. The van der Waals surface area contributed by atoms with E-state index < -0.39 is 4.92 Å². The molecule has 1 aliphatic rings. The second kappa shape index (κ2) is 6.72. The smallest absolute Gasteiger partial charge is 0.270 e. The molecule has 24 heavy (non-hydrogen) atoms. The maximum atomic E-state index is 12.2. The van der Waals surface area contributed by atoms with Crippen LogP contribution in [0.5, 0.6) is 11.5 Å². The number of fused-ring (bicyclic) bond motifs is 1. The molecule has 0 aliphatic carbocycles. The highest BCUT2D eigenvalue weighted by Crippen LogP contribution is 2.38. The van der Waals surface area contributed by atoms with Crippen molar-refractivity contribution in [3.8, 4) is 11.5 Å². The van der Waals surface area contributed by atoms with Gasteiger partial charge in [0.2, 0.25) is 0 Å². The van der Waals surface area contributed by atoms with E-state index >= 15 is 0 Å². The van der Waals surface area contributed by atoms with Crippen molar-refractivity contribution in [2.24, 2.45) is 0 Å². The zero-order valence-electron chi connectivity index (χ0n) is 12.4. The number of nitro groups is 1. The second-order valence-corrected chi connectivity index (χ2v) is 5.44. The maximum absolute atomic E-state index is 12.2. The Kier molecular flexibility index (Phi) is 4.48. The molecule has 0 fully saturated rings. The van der Waals surface area contributed by atoms with E-state index in [2.05, 4.69) is 0 Å². The Morgan fingerprint density at radius 3 is 2.79 bits per heavy atom. The first kappa shape index (κ1) is 16.0. The van der Waals surface area contributed by atoms with Crippen molar-refractivity contribution >= 4 is 29.1 Å². The zero-order chi connectivity index (χ0) is 17.1. The molecule has 0 saturated heterocycles. The van der Waals surface area contributed by atoms with Crippen LogP contribution in [0, 0.1) is 10.1 Å². The van der Waals surface area contributed by atoms with Crippen LogP contribution in [0.4, 0.5) is 5.69 Å². The molecule has 0 atom stereocenters. The van der Waals surface area contributed by atoms with Gasteiger partial charge in [0, 0.05) is 17.7 Å². The highest BCUT2D eigenvalue weighted by atomic mass is 35.5. The summed E-state index contributed by atoms with van der Waals surface area (Å²) in [5.41, 5.74) is 0.781. The Balaban J connectivity index is 1.83. The van der Waals surface area contributed by atoms with E-state index in [1.165, 1.54) is 30.3 Å². The summed E-state index contributed by atoms with van der Waals surface area (Å²) in [6.07, 6.45) is 2.91. The maximum Gasteiger partial charge on any atom is 0.270 e. The van der Waals surface area contributed by atoms with E-state index in [0.29, 0.717) is 35.3 Å². The summed E-state index contributed by atoms with van der Waals surface area (Å²) in [6, 6.07) is 8.95. The number of carbonyl (C=O) groups is 1. The van der Waals surface area contributed by atoms with Gasteiger partial charge in [-0.05, 0) is 23.8 Å². The van der Waals surface area contributed by atoms with Crippen molar-refractivity contribution in [1.29, 1.82) is 0 Å². The highest BCUT2D eigenvalue weighted by Gasteiger charge is 2.16. The fraction of sp³-hybridized carbons (Fsp3) is 0.118. The van der Waals surface area contributed by atoms with Crippen molar-refractivity contribution < 1.29 is 19.2 Å². The average molecular weight is 346 g/mol. The molecule has 0 aromatic heterocycles. The molecule has 0 bridgehead atoms. The summed E-state index contributed by atoms with van der Waals surface area (Å²) in [4.78, 5) is 22.4. The molecule has 1 heterocycles. The van der Waals surface area contributed by atoms with Gasteiger partial charge in [0.1, 0.15) is 13.2 Å². The van der Waals surface area contributed by atoms with Crippen LogP contribution in [0.1, 0.15) is 15.9 Å². The number of nitro benzene ring substituents is 1. The third-order valence-corrected chi connectivity index (χ3v) is 3.67. The molecule has 0 saturated carbocycles. The van der Waals surface area contributed by atoms with Crippen LogP contribution in [0.25, 0.3) is 6.08 Å². The number of rotatable bonds is 4. The first-order chi connectivity index (χ1) is 11.5. The molecular weight excluding hydrogens is 334 g/mol. The third kappa shape index (κ3) is 3.38. The van der Waals surface area contributed by atoms with Gasteiger partial charge in [0.15, 0.2) is 17.3 Å². The summed E-state index contributed by atoms with van der Waals surface area (Å²) < 4.78 is 10.9. The summed E-state index contributed by atoms with van der Waals surface area (Å²) in [5, 5.41) is 11.2. The van der Waals surface area contributed by atoms with Gasteiger partial charge in [0.05, 0.1) is 9.95 Å². The van der Waals surface area contributed by atoms with Gasteiger partial charge in [-0.25, -0.2) is 0 Å². The van der Waals surface area contributed by atoms with Crippen molar-refractivity contribution in [2.45, 2.75) is 0 Å². The number of non-ortho nitro benzene ring substituents is 1. The average Bonchev–Trinajstić information content (AvgIpc) is 2.60. The van der Waals surface area contributed by atoms with E-state index in [0.717, 1.165) is 0 Å². The quantitative estimate of drug-likeness (QED) is 0.363. The normalized spacial score (nSPS) is 13.0. The number of ether oxygens (including phenoxy) is 2. The van der Waals surface area contributed by atoms with Crippen LogP contribution in [-0.2, 0) is 0 Å². The summed E-state index contributed by atoms with van der Waals surface area (Å²) >= 11 is 6.14. The minimum Gasteiger partial charge on any atom is -0.486 e. The molecule has 7 heteroatoms. The van der Waals surface area contributed by atoms with Crippen LogP contribution < -0.4 is 9.47 Å². The summed E-state index contributed by atoms with van der Waals surface area (Å²) in [7, 11) is 0. The van der Waals surface area contributed by atoms with Gasteiger partial charge < -0.3 is 9.47 Å². The fourth-order valence-corrected chi connectivity index (χ4v) is 2.54. The molecule has 3 rings (SSSR count). The highest BCUT2D eigenvalue weighted by molar-refractivity contribution is 6.32. The number of carbonyl (C=O) groups excluding carboxylic acids is 1. The van der Waals surface area contributed by atoms with E-state index in [1.54, 1.807) is 18.2 Å². The van der Waals surface area contributed by atoms with Gasteiger partial charge in [-0.2, -0.15) is 0 Å². The number of nitrogens with zero attached hydrogens (tertiary/aromatic N) is 1. The second-order valence-electron chi connectivity index (χ2n) is 5.03. The molecular formula is C17H12ClNO5. The Labute approximate surface area is 142 Å². The van der Waals surface area contributed by atoms with E-state index in [4.69, 9.17) is 21.1 Å². The first-order valence-corrected chi connectivity index (χ1v) is 7.48. The van der Waals surface area contributed by atoms with E-state index in [1.807, 2.05) is 0 Å². The SMILES string of the molecule is O=C(/C=C/c1cc(Cl)c2c(c1)OCCO2)c1cccc([N+](=O)[O-])c1. The van der Waals surface area contributed by atoms with Gasteiger partial charge in [-0.1, -0.05) is 29.8 Å². The van der Waals surface area contributed by atoms with Crippen LogP contribution >= 0.6 is 11.6 Å². The van der Waals surface area contributed by atoms with Crippen molar-refractivity contribution in [2.75, 3.05) is 13.2 Å². The summed E-state index contributed by atoms with van der Waals surface area (Å²) in [6.45, 7) is 0.871. The Bertz CT molecular complexity index is 847. The Hall–Kier alpha value is -2.86. The number of hydrogen-bond donors (Lipinski definition) is 0. The Morgan fingerprint density at radius 2 is 2.00 bits per heavy atom. The molecule has 0 N–H and O–H groups in total. The van der Waals surface area contributed by atoms with Gasteiger partial charge in [-0.3, -0.25) is 14.9 Å². The topological polar surface area (TPSA) is 78.7 Å². The lowest BCUT2D eigenvalue weighted by molar-refractivity contribution is -0.384. The first-order valence-electron chi connectivity index (χ1n) is 7.10. The van der Waals surface area contributed by atoms with E-state index in [9.17, 15) is 14.9 Å². The van der Waals surface area contributed by atoms with Gasteiger partial charge >= 0.3 is 0 Å². The van der Waals surface area contributed by atoms with Crippen molar-refractivity contribution in [1.82, 2.24) is 0 Å². The molecule has 2 aromatic carbocycles. The number of halogens is 1. The lowest BCUT2D eigenvalue weighted by atomic mass is 10.1. The molecule has 1 aliphatic heterocycles. The van der Waals surface area contributed by atoms with Crippen LogP contribution in [0.3, 0.4) is 0 Å². The predicted octanol–water partition coefficient (Wildman–Crippen LogP) is 3.92. The fourth-order valence-electron chi connectivity index (χ4n) is 2.27. The standard InChI is InChI=1S/C17H12ClNO5/c18-14-8-11(9-16-17(14)24-7-6-23-16)4-5-15(20)12-2-1-3-13(10-12)19(21)22/h1-5,8-10H,6-7H2/b5-4+. The van der Waals surface area contributed by atoms with Crippen LogP contribution in [0.2, 0.25) is 5.02 Å². The number of benzene rings is 2. The monoisotopic (exact) mass is 345 g/mol. The molecule has 0 unspecified atom stereocenters. The van der Waals surface area contributed by atoms with Gasteiger partial charge in [-0.15, -0.1) is 0 Å². The Morgan fingerprint density at radius 1 is 1.21 bits per heavy atom. The number of ketones is 1. The van der Waals surface area contributed by atoms with E-state index in [-0.39, 0.29) is 17.0 Å². The number of hydrogen-bond acceptors (Lipinski definition) is 5. The van der Waals surface area contributed by atoms with Crippen LogP contribution in [0.15, 0.2) is 42.5 Å². The lowest BCUT2D eigenvalue weighted by Gasteiger charge is -2.19. The minimum absolute atomic E-state index is 0.128. The molecule has 0 spiro atoms. The largest absolute Gasteiger partial charge is 0.486 e. The molecule has 0 radical (unpaired) electrons.